The zero-order valence-corrected chi connectivity index (χ0v) is 23.0. The molecule has 0 saturated carbocycles. The summed E-state index contributed by atoms with van der Waals surface area (Å²) in [5.41, 5.74) is 3.43. The second-order valence-corrected chi connectivity index (χ2v) is 11.6. The van der Waals surface area contributed by atoms with Gasteiger partial charge in [-0.25, -0.2) is 9.78 Å². The number of hydrogen-bond donors (Lipinski definition) is 0. The number of ether oxygens (including phenoxy) is 3. The molecule has 4 heterocycles. The van der Waals surface area contributed by atoms with E-state index in [0.717, 1.165) is 57.7 Å². The molecule has 2 aliphatic rings. The van der Waals surface area contributed by atoms with Crippen LogP contribution >= 0.6 is 11.3 Å². The molecule has 2 aromatic heterocycles. The molecular weight excluding hydrogens is 490 g/mol. The van der Waals surface area contributed by atoms with E-state index in [2.05, 4.69) is 41.3 Å². The largest absolute Gasteiger partial charge is 0.496 e. The number of benzene rings is 1. The van der Waals surface area contributed by atoms with Crippen molar-refractivity contribution in [1.82, 2.24) is 9.55 Å². The molecular formula is C28H33N3O5S. The van der Waals surface area contributed by atoms with Crippen LogP contribution in [0.4, 0.5) is 5.13 Å². The summed E-state index contributed by atoms with van der Waals surface area (Å²) in [5, 5.41) is 0.971. The molecule has 0 bridgehead atoms. The lowest BCUT2D eigenvalue weighted by atomic mass is 9.78. The molecule has 37 heavy (non-hydrogen) atoms. The third kappa shape index (κ3) is 4.55. The van der Waals surface area contributed by atoms with Gasteiger partial charge in [-0.3, -0.25) is 4.79 Å². The highest BCUT2D eigenvalue weighted by molar-refractivity contribution is 7.19. The third-order valence-corrected chi connectivity index (χ3v) is 8.33. The van der Waals surface area contributed by atoms with E-state index in [0.29, 0.717) is 0 Å². The van der Waals surface area contributed by atoms with Gasteiger partial charge in [-0.1, -0.05) is 32.1 Å². The first-order valence-corrected chi connectivity index (χ1v) is 13.3. The number of hydrogen-bond acceptors (Lipinski definition) is 8. The zero-order valence-electron chi connectivity index (χ0n) is 22.2. The van der Waals surface area contributed by atoms with E-state index >= 15 is 0 Å². The smallest absolute Gasteiger partial charge is 0.343 e. The Hall–Kier alpha value is -3.17. The van der Waals surface area contributed by atoms with Crippen molar-refractivity contribution in [2.45, 2.75) is 46.3 Å². The Kier molecular flexibility index (Phi) is 6.62. The lowest BCUT2D eigenvalue weighted by molar-refractivity contribution is 0.0523. The van der Waals surface area contributed by atoms with Crippen LogP contribution in [-0.4, -0.2) is 55.5 Å². The fourth-order valence-corrected chi connectivity index (χ4v) is 6.04. The van der Waals surface area contributed by atoms with Crippen molar-refractivity contribution >= 4 is 22.4 Å². The summed E-state index contributed by atoms with van der Waals surface area (Å²) in [5.74, 6) is 0.129. The molecule has 0 aliphatic carbocycles. The maximum absolute atomic E-state index is 13.0. The zero-order chi connectivity index (χ0) is 26.5. The van der Waals surface area contributed by atoms with E-state index in [-0.39, 0.29) is 35.2 Å². The molecule has 8 nitrogen and oxygen atoms in total. The van der Waals surface area contributed by atoms with E-state index in [1.165, 1.54) is 0 Å². The Labute approximate surface area is 220 Å². The second-order valence-electron chi connectivity index (χ2n) is 10.6. The molecule has 0 radical (unpaired) electrons. The first kappa shape index (κ1) is 25.5. The summed E-state index contributed by atoms with van der Waals surface area (Å²) in [4.78, 5) is 33.4. The molecule has 3 aromatic rings. The quantitative estimate of drug-likeness (QED) is 0.429. The molecule has 1 unspecified atom stereocenters. The Morgan fingerprint density at radius 1 is 1.16 bits per heavy atom. The van der Waals surface area contributed by atoms with Crippen molar-refractivity contribution in [2.24, 2.45) is 5.41 Å². The Balaban J connectivity index is 1.60. The first-order chi connectivity index (χ1) is 17.6. The summed E-state index contributed by atoms with van der Waals surface area (Å²) in [6, 6.07) is 5.77. The van der Waals surface area contributed by atoms with Crippen molar-refractivity contribution in [3.05, 3.63) is 51.9 Å². The number of esters is 1. The fourth-order valence-electron chi connectivity index (χ4n) is 5.09. The van der Waals surface area contributed by atoms with Crippen LogP contribution in [-0.2, 0) is 15.9 Å². The number of thiazole rings is 1. The molecule has 1 saturated heterocycles. The standard InChI is InChI=1S/C28H33N3O5S/c1-7-36-26(33)20-15-31-21(11-22(20)32)18-10-23(35-6)19(8-16(18)9-25(31)28(2,3)4)24-12-29-27(37-24)30-13-17(14-30)34-5/h8,10-12,15,17,25H,7,9,13-14H2,1-6H3. The highest BCUT2D eigenvalue weighted by atomic mass is 32.1. The number of carbonyl (C=O) groups excluding carboxylic acids is 1. The summed E-state index contributed by atoms with van der Waals surface area (Å²) >= 11 is 1.64. The minimum Gasteiger partial charge on any atom is -0.496 e. The van der Waals surface area contributed by atoms with Gasteiger partial charge in [-0.2, -0.15) is 0 Å². The van der Waals surface area contributed by atoms with Gasteiger partial charge in [0, 0.05) is 55.8 Å². The molecule has 0 N–H and O–H groups in total. The van der Waals surface area contributed by atoms with E-state index in [1.54, 1.807) is 44.7 Å². The molecule has 1 fully saturated rings. The minimum atomic E-state index is -0.589. The maximum Gasteiger partial charge on any atom is 0.343 e. The monoisotopic (exact) mass is 523 g/mol. The van der Waals surface area contributed by atoms with Crippen molar-refractivity contribution < 1.29 is 19.0 Å². The van der Waals surface area contributed by atoms with Gasteiger partial charge in [-0.05, 0) is 36.5 Å². The van der Waals surface area contributed by atoms with Crippen LogP contribution in [0, 0.1) is 5.41 Å². The normalized spacial score (nSPS) is 17.1. The molecule has 1 atom stereocenters. The summed E-state index contributed by atoms with van der Waals surface area (Å²) < 4.78 is 18.4. The topological polar surface area (TPSA) is 82.9 Å². The predicted octanol–water partition coefficient (Wildman–Crippen LogP) is 4.80. The number of fused-ring (bicyclic) bond motifs is 3. The van der Waals surface area contributed by atoms with Crippen LogP contribution in [0.1, 0.15) is 49.7 Å². The Morgan fingerprint density at radius 2 is 1.92 bits per heavy atom. The molecule has 1 aromatic carbocycles. The van der Waals surface area contributed by atoms with E-state index in [4.69, 9.17) is 14.2 Å². The lowest BCUT2D eigenvalue weighted by Crippen LogP contribution is -2.51. The maximum atomic E-state index is 13.0. The van der Waals surface area contributed by atoms with Crippen LogP contribution in [0.3, 0.4) is 0 Å². The molecule has 5 rings (SSSR count). The number of rotatable bonds is 6. The van der Waals surface area contributed by atoms with Crippen LogP contribution in [0.25, 0.3) is 21.7 Å². The summed E-state index contributed by atoms with van der Waals surface area (Å²) in [7, 11) is 3.39. The van der Waals surface area contributed by atoms with Crippen molar-refractivity contribution in [1.29, 1.82) is 0 Å². The van der Waals surface area contributed by atoms with Gasteiger partial charge in [0.2, 0.25) is 0 Å². The van der Waals surface area contributed by atoms with Crippen molar-refractivity contribution in [2.75, 3.05) is 38.8 Å². The second kappa shape index (κ2) is 9.61. The number of anilines is 1. The lowest BCUT2D eigenvalue weighted by Gasteiger charge is -2.39. The number of nitrogens with zero attached hydrogens (tertiary/aromatic N) is 3. The van der Waals surface area contributed by atoms with Crippen LogP contribution < -0.4 is 15.1 Å². The average molecular weight is 524 g/mol. The Morgan fingerprint density at radius 3 is 2.57 bits per heavy atom. The highest BCUT2D eigenvalue weighted by Crippen LogP contribution is 2.47. The van der Waals surface area contributed by atoms with Gasteiger partial charge < -0.3 is 23.7 Å². The Bertz CT molecular complexity index is 1400. The molecule has 0 amide bonds. The van der Waals surface area contributed by atoms with Gasteiger partial charge in [-0.15, -0.1) is 0 Å². The summed E-state index contributed by atoms with van der Waals surface area (Å²) in [6.07, 6.45) is 4.58. The van der Waals surface area contributed by atoms with E-state index in [9.17, 15) is 9.59 Å². The van der Waals surface area contributed by atoms with Gasteiger partial charge in [0.1, 0.15) is 11.3 Å². The SMILES string of the molecule is CCOC(=O)c1cn2c(cc1=O)-c1cc(OC)c(-c3cnc(N4CC(OC)C4)s3)cc1CC2C(C)(C)C. The van der Waals surface area contributed by atoms with Crippen LogP contribution in [0.5, 0.6) is 5.75 Å². The van der Waals surface area contributed by atoms with Crippen LogP contribution in [0.15, 0.2) is 35.4 Å². The highest BCUT2D eigenvalue weighted by Gasteiger charge is 2.35. The van der Waals surface area contributed by atoms with Crippen LogP contribution in [0.2, 0.25) is 0 Å². The van der Waals surface area contributed by atoms with Gasteiger partial charge in [0.05, 0.1) is 30.4 Å². The number of pyridine rings is 1. The minimum absolute atomic E-state index is 0.0362. The van der Waals surface area contributed by atoms with E-state index in [1.807, 2.05) is 12.3 Å². The first-order valence-electron chi connectivity index (χ1n) is 12.5. The van der Waals surface area contributed by atoms with Gasteiger partial charge >= 0.3 is 5.97 Å². The third-order valence-electron chi connectivity index (χ3n) is 7.24. The fraction of sp³-hybridized carbons (Fsp3) is 0.464. The molecule has 196 valence electrons. The molecule has 2 aliphatic heterocycles. The number of aromatic nitrogens is 2. The van der Waals surface area contributed by atoms with Gasteiger partial charge in [0.25, 0.3) is 0 Å². The molecule has 0 spiro atoms. The average Bonchev–Trinajstić information content (AvgIpc) is 3.30. The number of carbonyl (C=O) groups is 1. The predicted molar refractivity (Wildman–Crippen MR) is 145 cm³/mol. The molecule has 9 heteroatoms. The number of methoxy groups -OCH3 is 2. The summed E-state index contributed by atoms with van der Waals surface area (Å²) in [6.45, 7) is 10.2. The van der Waals surface area contributed by atoms with Crippen molar-refractivity contribution in [3.8, 4) is 27.4 Å². The van der Waals surface area contributed by atoms with Gasteiger partial charge in [0.15, 0.2) is 10.6 Å². The van der Waals surface area contributed by atoms with Crippen molar-refractivity contribution in [3.63, 3.8) is 0 Å². The van der Waals surface area contributed by atoms with E-state index < -0.39 is 5.97 Å².